The lowest BCUT2D eigenvalue weighted by Gasteiger charge is -2.09. The van der Waals surface area contributed by atoms with Gasteiger partial charge in [-0.15, -0.1) is 0 Å². The highest BCUT2D eigenvalue weighted by Crippen LogP contribution is 2.11. The van der Waals surface area contributed by atoms with Crippen molar-refractivity contribution < 1.29 is 4.48 Å². The van der Waals surface area contributed by atoms with Crippen LogP contribution < -0.4 is 5.12 Å². The van der Waals surface area contributed by atoms with Crippen molar-refractivity contribution in [3.05, 3.63) is 37.3 Å². The third-order valence-corrected chi connectivity index (χ3v) is 1.23. The SMILES string of the molecule is [CH2]CN(F)c1ccccc1. The highest BCUT2D eigenvalue weighted by atomic mass is 19.2. The molecule has 0 bridgehead atoms. The minimum atomic E-state index is 0.143. The van der Waals surface area contributed by atoms with Crippen LogP contribution in [0.4, 0.5) is 10.2 Å². The number of hydrogen-bond acceptors (Lipinski definition) is 1. The first-order chi connectivity index (χ1) is 4.84. The molecular weight excluding hydrogens is 129 g/mol. The molecule has 0 aliphatic rings. The number of anilines is 1. The van der Waals surface area contributed by atoms with E-state index in [1.807, 2.05) is 6.07 Å². The summed E-state index contributed by atoms with van der Waals surface area (Å²) in [5.41, 5.74) is 0.553. The number of rotatable bonds is 2. The molecule has 1 nitrogen and oxygen atoms in total. The van der Waals surface area contributed by atoms with E-state index in [9.17, 15) is 4.48 Å². The van der Waals surface area contributed by atoms with Crippen molar-refractivity contribution >= 4 is 5.69 Å². The number of hydrogen-bond donors (Lipinski definition) is 0. The Morgan fingerprint density at radius 2 is 1.90 bits per heavy atom. The van der Waals surface area contributed by atoms with Crippen molar-refractivity contribution in [3.63, 3.8) is 0 Å². The second kappa shape index (κ2) is 3.20. The predicted molar refractivity (Wildman–Crippen MR) is 40.3 cm³/mol. The van der Waals surface area contributed by atoms with E-state index in [1.54, 1.807) is 24.3 Å². The van der Waals surface area contributed by atoms with Crippen LogP contribution in [0.5, 0.6) is 0 Å². The molecule has 0 aliphatic carbocycles. The van der Waals surface area contributed by atoms with Crippen molar-refractivity contribution in [3.8, 4) is 0 Å². The highest BCUT2D eigenvalue weighted by molar-refractivity contribution is 5.42. The summed E-state index contributed by atoms with van der Waals surface area (Å²) in [6.45, 7) is 3.56. The second-order valence-corrected chi connectivity index (χ2v) is 1.92. The van der Waals surface area contributed by atoms with Gasteiger partial charge in [0.05, 0.1) is 12.2 Å². The Balaban J connectivity index is 2.75. The minimum absolute atomic E-state index is 0.143. The van der Waals surface area contributed by atoms with Crippen LogP contribution in [0, 0.1) is 6.92 Å². The molecule has 0 aliphatic heterocycles. The molecule has 1 rings (SSSR count). The van der Waals surface area contributed by atoms with Gasteiger partial charge in [-0.25, -0.2) is 5.12 Å². The van der Waals surface area contributed by atoms with E-state index in [2.05, 4.69) is 6.92 Å². The van der Waals surface area contributed by atoms with Crippen LogP contribution in [0.15, 0.2) is 30.3 Å². The monoisotopic (exact) mass is 138 g/mol. The Kier molecular flexibility index (Phi) is 2.26. The fourth-order valence-corrected chi connectivity index (χ4v) is 0.719. The van der Waals surface area contributed by atoms with E-state index in [4.69, 9.17) is 0 Å². The predicted octanol–water partition coefficient (Wildman–Crippen LogP) is 2.21. The molecule has 0 saturated carbocycles. The van der Waals surface area contributed by atoms with Gasteiger partial charge in [0.15, 0.2) is 0 Å². The number of nitrogens with zero attached hydrogens (tertiary/aromatic N) is 1. The van der Waals surface area contributed by atoms with Crippen LogP contribution in [0.25, 0.3) is 0 Å². The Labute approximate surface area is 60.0 Å². The fraction of sp³-hybridized carbons (Fsp3) is 0.125. The van der Waals surface area contributed by atoms with Gasteiger partial charge in [-0.3, -0.25) is 0 Å². The molecule has 1 aromatic carbocycles. The van der Waals surface area contributed by atoms with E-state index in [1.165, 1.54) is 0 Å². The molecule has 0 fully saturated rings. The molecular formula is C8H9FN. The third kappa shape index (κ3) is 1.47. The van der Waals surface area contributed by atoms with Gasteiger partial charge in [-0.05, 0) is 19.1 Å². The van der Waals surface area contributed by atoms with Crippen molar-refractivity contribution in [1.82, 2.24) is 0 Å². The van der Waals surface area contributed by atoms with E-state index < -0.39 is 0 Å². The first-order valence-electron chi connectivity index (χ1n) is 3.12. The zero-order chi connectivity index (χ0) is 7.40. The molecule has 0 spiro atoms. The molecule has 0 heterocycles. The maximum absolute atomic E-state index is 12.6. The molecule has 1 radical (unpaired) electrons. The topological polar surface area (TPSA) is 3.24 Å². The van der Waals surface area contributed by atoms with Gasteiger partial charge < -0.3 is 0 Å². The van der Waals surface area contributed by atoms with Gasteiger partial charge in [0.1, 0.15) is 0 Å². The molecule has 1 aromatic rings. The standard InChI is InChI=1S/C8H9FN/c1-2-10(9)8-6-4-3-5-7-8/h3-7H,1-2H2. The van der Waals surface area contributed by atoms with Gasteiger partial charge >= 0.3 is 0 Å². The molecule has 0 aromatic heterocycles. The molecule has 2 heteroatoms. The molecule has 0 unspecified atom stereocenters. The lowest BCUT2D eigenvalue weighted by molar-refractivity contribution is 0.454. The van der Waals surface area contributed by atoms with Crippen LogP contribution in [0.2, 0.25) is 0 Å². The van der Waals surface area contributed by atoms with Crippen molar-refractivity contribution in [2.24, 2.45) is 0 Å². The largest absolute Gasteiger partial charge is 0.212 e. The number of benzene rings is 1. The first kappa shape index (κ1) is 7.06. The van der Waals surface area contributed by atoms with E-state index >= 15 is 0 Å². The van der Waals surface area contributed by atoms with Crippen molar-refractivity contribution in [2.75, 3.05) is 11.7 Å². The second-order valence-electron chi connectivity index (χ2n) is 1.92. The molecule has 0 saturated heterocycles. The van der Waals surface area contributed by atoms with Gasteiger partial charge in [0.2, 0.25) is 0 Å². The normalized spacial score (nSPS) is 9.40. The van der Waals surface area contributed by atoms with Crippen LogP contribution in [-0.2, 0) is 0 Å². The van der Waals surface area contributed by atoms with E-state index in [-0.39, 0.29) is 6.54 Å². The van der Waals surface area contributed by atoms with Gasteiger partial charge in [-0.2, -0.15) is 0 Å². The molecule has 0 amide bonds. The molecule has 0 N–H and O–H groups in total. The van der Waals surface area contributed by atoms with E-state index in [0.717, 1.165) is 0 Å². The summed E-state index contributed by atoms with van der Waals surface area (Å²) in [5.74, 6) is 0. The summed E-state index contributed by atoms with van der Waals surface area (Å²) < 4.78 is 12.6. The van der Waals surface area contributed by atoms with Gasteiger partial charge in [0.25, 0.3) is 0 Å². The molecule has 10 heavy (non-hydrogen) atoms. The van der Waals surface area contributed by atoms with Crippen LogP contribution in [-0.4, -0.2) is 6.54 Å². The fourth-order valence-electron chi connectivity index (χ4n) is 0.719. The maximum atomic E-state index is 12.6. The Morgan fingerprint density at radius 1 is 1.30 bits per heavy atom. The first-order valence-corrected chi connectivity index (χ1v) is 3.12. The Bertz CT molecular complexity index is 186. The maximum Gasteiger partial charge on any atom is 0.0687 e. The Morgan fingerprint density at radius 3 is 2.40 bits per heavy atom. The zero-order valence-electron chi connectivity index (χ0n) is 5.63. The van der Waals surface area contributed by atoms with Gasteiger partial charge in [0, 0.05) is 0 Å². The third-order valence-electron chi connectivity index (χ3n) is 1.23. The average molecular weight is 138 g/mol. The number of para-hydroxylation sites is 1. The zero-order valence-corrected chi connectivity index (χ0v) is 5.63. The summed E-state index contributed by atoms with van der Waals surface area (Å²) in [6.07, 6.45) is 0. The number of halogens is 1. The minimum Gasteiger partial charge on any atom is -0.212 e. The molecule has 53 valence electrons. The van der Waals surface area contributed by atoms with Crippen LogP contribution in [0.1, 0.15) is 0 Å². The summed E-state index contributed by atoms with van der Waals surface area (Å²) >= 11 is 0. The smallest absolute Gasteiger partial charge is 0.0687 e. The van der Waals surface area contributed by atoms with E-state index in [0.29, 0.717) is 10.8 Å². The lowest BCUT2D eigenvalue weighted by atomic mass is 10.3. The highest BCUT2D eigenvalue weighted by Gasteiger charge is 1.97. The molecule has 0 atom stereocenters. The lowest BCUT2D eigenvalue weighted by Crippen LogP contribution is -2.09. The van der Waals surface area contributed by atoms with Gasteiger partial charge in [-0.1, -0.05) is 22.7 Å². The Hall–Kier alpha value is -1.05. The van der Waals surface area contributed by atoms with Crippen molar-refractivity contribution in [2.45, 2.75) is 0 Å². The summed E-state index contributed by atoms with van der Waals surface area (Å²) in [5, 5.41) is 0.597. The summed E-state index contributed by atoms with van der Waals surface area (Å²) in [7, 11) is 0. The average Bonchev–Trinajstić information content (AvgIpc) is 2.05. The van der Waals surface area contributed by atoms with Crippen LogP contribution in [0.3, 0.4) is 0 Å². The summed E-state index contributed by atoms with van der Waals surface area (Å²) in [6, 6.07) is 8.83. The van der Waals surface area contributed by atoms with Crippen LogP contribution >= 0.6 is 0 Å². The van der Waals surface area contributed by atoms with Crippen molar-refractivity contribution in [1.29, 1.82) is 0 Å². The summed E-state index contributed by atoms with van der Waals surface area (Å²) in [4.78, 5) is 0. The quantitative estimate of drug-likeness (QED) is 0.566.